The van der Waals surface area contributed by atoms with E-state index in [4.69, 9.17) is 4.74 Å². The largest absolute Gasteiger partial charge is 0.497 e. The van der Waals surface area contributed by atoms with Gasteiger partial charge in [0.2, 0.25) is 10.0 Å². The molecule has 136 valence electrons. The number of hydrogen-bond donors (Lipinski definition) is 1. The molecule has 1 aromatic heterocycles. The normalized spacial score (nSPS) is 16.8. The summed E-state index contributed by atoms with van der Waals surface area (Å²) in [6.45, 7) is 0.509. The lowest BCUT2D eigenvalue weighted by Crippen LogP contribution is -2.40. The minimum absolute atomic E-state index is 0.0207. The van der Waals surface area contributed by atoms with E-state index in [0.29, 0.717) is 13.0 Å². The number of thiophene rings is 1. The van der Waals surface area contributed by atoms with E-state index in [9.17, 15) is 8.42 Å². The number of methoxy groups -OCH3 is 1. The molecule has 1 N–H and O–H groups in total. The maximum atomic E-state index is 12.5. The van der Waals surface area contributed by atoms with Crippen molar-refractivity contribution in [1.29, 1.82) is 0 Å². The smallest absolute Gasteiger partial charge is 0.211 e. The van der Waals surface area contributed by atoms with Crippen LogP contribution in [0.4, 0.5) is 0 Å². The summed E-state index contributed by atoms with van der Waals surface area (Å²) < 4.78 is 32.9. The van der Waals surface area contributed by atoms with Gasteiger partial charge in [-0.05, 0) is 59.3 Å². The Hall–Kier alpha value is -1.37. The molecule has 4 nitrogen and oxygen atoms in total. The highest BCUT2D eigenvalue weighted by Crippen LogP contribution is 2.41. The number of rotatable bonds is 8. The fourth-order valence-electron chi connectivity index (χ4n) is 3.55. The van der Waals surface area contributed by atoms with Crippen LogP contribution in [0.25, 0.3) is 0 Å². The average molecular weight is 380 g/mol. The summed E-state index contributed by atoms with van der Waals surface area (Å²) in [7, 11) is -1.67. The first-order valence-corrected chi connectivity index (χ1v) is 11.3. The van der Waals surface area contributed by atoms with Crippen LogP contribution < -0.4 is 9.46 Å². The number of sulfonamides is 1. The van der Waals surface area contributed by atoms with Gasteiger partial charge in [0, 0.05) is 12.0 Å². The molecule has 3 rings (SSSR count). The summed E-state index contributed by atoms with van der Waals surface area (Å²) in [6.07, 6.45) is 4.97. The number of aryl methyl sites for hydroxylation is 1. The molecule has 0 spiro atoms. The van der Waals surface area contributed by atoms with Crippen LogP contribution in [-0.2, 0) is 21.9 Å². The predicted molar refractivity (Wildman–Crippen MR) is 103 cm³/mol. The van der Waals surface area contributed by atoms with Gasteiger partial charge in [-0.2, -0.15) is 11.3 Å². The summed E-state index contributed by atoms with van der Waals surface area (Å²) in [5.41, 5.74) is 2.26. The molecule has 2 aromatic rings. The van der Waals surface area contributed by atoms with Gasteiger partial charge in [0.25, 0.3) is 0 Å². The van der Waals surface area contributed by atoms with Crippen molar-refractivity contribution < 1.29 is 13.2 Å². The number of benzene rings is 1. The molecule has 0 radical (unpaired) electrons. The van der Waals surface area contributed by atoms with Crippen LogP contribution in [-0.4, -0.2) is 27.8 Å². The molecule has 0 amide bonds. The van der Waals surface area contributed by atoms with Crippen molar-refractivity contribution in [1.82, 2.24) is 4.72 Å². The lowest BCUT2D eigenvalue weighted by atomic mass is 9.81. The predicted octanol–water partition coefficient (Wildman–Crippen LogP) is 3.73. The van der Waals surface area contributed by atoms with Crippen molar-refractivity contribution >= 4 is 21.4 Å². The third-order valence-electron chi connectivity index (χ3n) is 5.14. The van der Waals surface area contributed by atoms with Gasteiger partial charge in [-0.3, -0.25) is 0 Å². The first-order valence-electron chi connectivity index (χ1n) is 8.66. The van der Waals surface area contributed by atoms with Crippen molar-refractivity contribution in [3.63, 3.8) is 0 Å². The molecular formula is C19H25NO3S2. The quantitative estimate of drug-likeness (QED) is 0.760. The second kappa shape index (κ2) is 7.89. The van der Waals surface area contributed by atoms with Crippen LogP contribution >= 0.6 is 11.3 Å². The SMILES string of the molecule is COc1ccc(CCS(=O)(=O)NCC2(c3ccsc3)CCCC2)cc1. The summed E-state index contributed by atoms with van der Waals surface area (Å²) in [5, 5.41) is 4.24. The van der Waals surface area contributed by atoms with Gasteiger partial charge in [0.1, 0.15) is 5.75 Å². The molecule has 0 unspecified atom stereocenters. The van der Waals surface area contributed by atoms with Gasteiger partial charge in [-0.15, -0.1) is 0 Å². The maximum absolute atomic E-state index is 12.5. The highest BCUT2D eigenvalue weighted by molar-refractivity contribution is 7.89. The van der Waals surface area contributed by atoms with Crippen LogP contribution in [0.5, 0.6) is 5.75 Å². The minimum Gasteiger partial charge on any atom is -0.497 e. The van der Waals surface area contributed by atoms with Gasteiger partial charge in [-0.25, -0.2) is 13.1 Å². The van der Waals surface area contributed by atoms with Crippen molar-refractivity contribution in [2.75, 3.05) is 19.4 Å². The Balaban J connectivity index is 1.59. The molecule has 1 saturated carbocycles. The molecule has 1 fully saturated rings. The zero-order chi connectivity index (χ0) is 17.8. The number of nitrogens with one attached hydrogen (secondary N) is 1. The van der Waals surface area contributed by atoms with E-state index in [1.807, 2.05) is 24.3 Å². The van der Waals surface area contributed by atoms with Gasteiger partial charge < -0.3 is 4.74 Å². The summed E-state index contributed by atoms with van der Waals surface area (Å²) in [6, 6.07) is 9.69. The molecule has 1 aliphatic carbocycles. The van der Waals surface area contributed by atoms with Crippen molar-refractivity contribution in [3.05, 3.63) is 52.2 Å². The van der Waals surface area contributed by atoms with E-state index < -0.39 is 10.0 Å². The zero-order valence-electron chi connectivity index (χ0n) is 14.5. The third-order valence-corrected chi connectivity index (χ3v) is 7.15. The molecule has 0 saturated heterocycles. The van der Waals surface area contributed by atoms with E-state index in [1.54, 1.807) is 18.4 Å². The second-order valence-corrected chi connectivity index (χ2v) is 9.44. The van der Waals surface area contributed by atoms with Crippen molar-refractivity contribution in [2.24, 2.45) is 0 Å². The number of hydrogen-bond acceptors (Lipinski definition) is 4. The fraction of sp³-hybridized carbons (Fsp3) is 0.474. The monoisotopic (exact) mass is 379 g/mol. The Labute approximate surface area is 154 Å². The van der Waals surface area contributed by atoms with Crippen molar-refractivity contribution in [3.8, 4) is 5.75 Å². The molecule has 1 aliphatic rings. The molecule has 0 bridgehead atoms. The Morgan fingerprint density at radius 3 is 2.48 bits per heavy atom. The van der Waals surface area contributed by atoms with Gasteiger partial charge in [0.15, 0.2) is 0 Å². The summed E-state index contributed by atoms with van der Waals surface area (Å²) in [5.74, 6) is 0.891. The lowest BCUT2D eigenvalue weighted by Gasteiger charge is -2.28. The van der Waals surface area contributed by atoms with Crippen LogP contribution in [0.2, 0.25) is 0 Å². The van der Waals surface area contributed by atoms with Gasteiger partial charge in [-0.1, -0.05) is 25.0 Å². The molecule has 25 heavy (non-hydrogen) atoms. The first-order chi connectivity index (χ1) is 12.0. The van der Waals surface area contributed by atoms with Crippen LogP contribution in [0.3, 0.4) is 0 Å². The molecule has 6 heteroatoms. The van der Waals surface area contributed by atoms with Crippen LogP contribution in [0.15, 0.2) is 41.1 Å². The first kappa shape index (κ1) is 18.4. The number of ether oxygens (including phenoxy) is 1. The molecule has 0 aliphatic heterocycles. The topological polar surface area (TPSA) is 55.4 Å². The van der Waals surface area contributed by atoms with Gasteiger partial charge >= 0.3 is 0 Å². The second-order valence-electron chi connectivity index (χ2n) is 6.74. The van der Waals surface area contributed by atoms with E-state index in [2.05, 4.69) is 21.5 Å². The Kier molecular flexibility index (Phi) is 5.81. The average Bonchev–Trinajstić information content (AvgIpc) is 3.31. The Bertz CT molecular complexity index is 762. The van der Waals surface area contributed by atoms with Crippen molar-refractivity contribution in [2.45, 2.75) is 37.5 Å². The minimum atomic E-state index is -3.29. The van der Waals surface area contributed by atoms with E-state index >= 15 is 0 Å². The third kappa shape index (κ3) is 4.63. The lowest BCUT2D eigenvalue weighted by molar-refractivity contribution is 0.414. The maximum Gasteiger partial charge on any atom is 0.211 e. The van der Waals surface area contributed by atoms with Gasteiger partial charge in [0.05, 0.1) is 12.9 Å². The van der Waals surface area contributed by atoms with E-state index in [1.165, 1.54) is 18.4 Å². The van der Waals surface area contributed by atoms with E-state index in [-0.39, 0.29) is 11.2 Å². The van der Waals surface area contributed by atoms with Crippen LogP contribution in [0.1, 0.15) is 36.8 Å². The Morgan fingerprint density at radius 2 is 1.88 bits per heavy atom. The molecule has 1 aromatic carbocycles. The van der Waals surface area contributed by atoms with Crippen LogP contribution in [0, 0.1) is 0 Å². The molecule has 1 heterocycles. The highest BCUT2D eigenvalue weighted by Gasteiger charge is 2.36. The molecule has 0 atom stereocenters. The molecular weight excluding hydrogens is 354 g/mol. The summed E-state index contributed by atoms with van der Waals surface area (Å²) in [4.78, 5) is 0. The fourth-order valence-corrected chi connectivity index (χ4v) is 5.47. The van der Waals surface area contributed by atoms with E-state index in [0.717, 1.165) is 24.2 Å². The summed E-state index contributed by atoms with van der Waals surface area (Å²) >= 11 is 1.68. The Morgan fingerprint density at radius 1 is 1.16 bits per heavy atom. The standard InChI is InChI=1S/C19H25NO3S2/c1-23-18-6-4-16(5-7-18)9-13-25(21,22)20-15-19(10-2-3-11-19)17-8-12-24-14-17/h4-8,12,14,20H,2-3,9-11,13,15H2,1H3. The zero-order valence-corrected chi connectivity index (χ0v) is 16.2. The highest BCUT2D eigenvalue weighted by atomic mass is 32.2.